The Morgan fingerprint density at radius 3 is 2.96 bits per heavy atom. The van der Waals surface area contributed by atoms with Gasteiger partial charge in [0.15, 0.2) is 0 Å². The number of nitrogens with one attached hydrogen (secondary N) is 1. The first-order valence-electron chi connectivity index (χ1n) is 8.17. The van der Waals surface area contributed by atoms with Crippen LogP contribution in [0.15, 0.2) is 30.5 Å². The first kappa shape index (κ1) is 16.0. The summed E-state index contributed by atoms with van der Waals surface area (Å²) in [6, 6.07) is 8.15. The lowest BCUT2D eigenvalue weighted by Crippen LogP contribution is -2.43. The number of amides is 1. The van der Waals surface area contributed by atoms with Crippen LogP contribution in [0.25, 0.3) is 10.9 Å². The number of carbonyl (C=O) groups is 1. The van der Waals surface area contributed by atoms with Gasteiger partial charge < -0.3 is 19.9 Å². The molecule has 0 saturated carbocycles. The summed E-state index contributed by atoms with van der Waals surface area (Å²) in [7, 11) is 3.89. The van der Waals surface area contributed by atoms with Gasteiger partial charge in [0.2, 0.25) is 5.91 Å². The normalized spacial score (nSPS) is 21.5. The number of likely N-dealkylation sites (N-methyl/N-ethyl adjacent to an activating group) is 1. The van der Waals surface area contributed by atoms with Crippen LogP contribution < -0.4 is 0 Å². The zero-order valence-corrected chi connectivity index (χ0v) is 13.9. The molecule has 1 fully saturated rings. The molecule has 1 atom stereocenters. The van der Waals surface area contributed by atoms with E-state index in [1.165, 1.54) is 10.9 Å². The third-order valence-corrected chi connectivity index (χ3v) is 4.58. The molecule has 3 rings (SSSR count). The minimum atomic E-state index is -0.764. The fourth-order valence-electron chi connectivity index (χ4n) is 3.53. The number of aromatic amines is 1. The first-order chi connectivity index (χ1) is 11.0. The van der Waals surface area contributed by atoms with Crippen molar-refractivity contribution in [1.29, 1.82) is 0 Å². The van der Waals surface area contributed by atoms with Gasteiger partial charge in [-0.1, -0.05) is 18.2 Å². The molecule has 1 aromatic heterocycles. The number of rotatable bonds is 5. The maximum absolute atomic E-state index is 12.4. The lowest BCUT2D eigenvalue weighted by atomic mass is 10.0. The second-order valence-electron chi connectivity index (χ2n) is 6.89. The van der Waals surface area contributed by atoms with Crippen molar-refractivity contribution in [1.82, 2.24) is 14.8 Å². The van der Waals surface area contributed by atoms with Crippen molar-refractivity contribution in [2.24, 2.45) is 0 Å². The largest absolute Gasteiger partial charge is 0.387 e. The summed E-state index contributed by atoms with van der Waals surface area (Å²) in [6.45, 7) is 1.69. The molecule has 1 unspecified atom stereocenters. The van der Waals surface area contributed by atoms with Gasteiger partial charge in [-0.2, -0.15) is 0 Å². The molecule has 2 N–H and O–H groups in total. The highest BCUT2D eigenvalue weighted by atomic mass is 16.3. The average molecular weight is 315 g/mol. The number of carbonyl (C=O) groups excluding carboxylic acids is 1. The summed E-state index contributed by atoms with van der Waals surface area (Å²) in [6.07, 6.45) is 3.86. The molecular formula is C18H25N3O2. The molecule has 0 spiro atoms. The molecule has 5 heteroatoms. The zero-order valence-electron chi connectivity index (χ0n) is 13.9. The third-order valence-electron chi connectivity index (χ3n) is 4.58. The molecule has 1 aliphatic rings. The SMILES string of the molecule is CN(C)CC1(O)CCN(C(=O)CCc2c[nH]c3ccccc23)C1. The molecule has 5 nitrogen and oxygen atoms in total. The van der Waals surface area contributed by atoms with E-state index in [2.05, 4.69) is 11.1 Å². The van der Waals surface area contributed by atoms with Gasteiger partial charge in [-0.15, -0.1) is 0 Å². The molecule has 0 aliphatic carbocycles. The number of nitrogens with zero attached hydrogens (tertiary/aromatic N) is 2. The van der Waals surface area contributed by atoms with E-state index in [9.17, 15) is 9.90 Å². The second-order valence-corrected chi connectivity index (χ2v) is 6.89. The van der Waals surface area contributed by atoms with Gasteiger partial charge in [0.25, 0.3) is 0 Å². The topological polar surface area (TPSA) is 59.6 Å². The maximum atomic E-state index is 12.4. The van der Waals surface area contributed by atoms with E-state index in [4.69, 9.17) is 0 Å². The van der Waals surface area contributed by atoms with Crippen LogP contribution in [0.2, 0.25) is 0 Å². The molecule has 1 aliphatic heterocycles. The van der Waals surface area contributed by atoms with E-state index in [1.54, 1.807) is 4.90 Å². The van der Waals surface area contributed by atoms with Crippen LogP contribution in [0.5, 0.6) is 0 Å². The van der Waals surface area contributed by atoms with Crippen molar-refractivity contribution in [2.75, 3.05) is 33.7 Å². The van der Waals surface area contributed by atoms with Crippen LogP contribution >= 0.6 is 0 Å². The highest BCUT2D eigenvalue weighted by Crippen LogP contribution is 2.24. The third kappa shape index (κ3) is 3.57. The molecule has 0 radical (unpaired) electrons. The van der Waals surface area contributed by atoms with Crippen LogP contribution in [-0.2, 0) is 11.2 Å². The summed E-state index contributed by atoms with van der Waals surface area (Å²) in [5.41, 5.74) is 1.52. The smallest absolute Gasteiger partial charge is 0.223 e. The Balaban J connectivity index is 1.58. The number of H-pyrrole nitrogens is 1. The number of aromatic nitrogens is 1. The molecule has 23 heavy (non-hydrogen) atoms. The quantitative estimate of drug-likeness (QED) is 0.881. The Hall–Kier alpha value is -1.85. The van der Waals surface area contributed by atoms with Gasteiger partial charge in [-0.3, -0.25) is 4.79 Å². The Morgan fingerprint density at radius 2 is 2.17 bits per heavy atom. The van der Waals surface area contributed by atoms with E-state index in [-0.39, 0.29) is 5.91 Å². The maximum Gasteiger partial charge on any atom is 0.223 e. The Morgan fingerprint density at radius 1 is 1.39 bits per heavy atom. The van der Waals surface area contributed by atoms with Crippen LogP contribution in [0, 0.1) is 0 Å². The van der Waals surface area contributed by atoms with Crippen molar-refractivity contribution < 1.29 is 9.90 Å². The standard InChI is InChI=1S/C18H25N3O2/c1-20(2)12-18(23)9-10-21(13-18)17(22)8-7-14-11-19-16-6-4-3-5-15(14)16/h3-6,11,19,23H,7-10,12-13H2,1-2H3. The van der Waals surface area contributed by atoms with E-state index >= 15 is 0 Å². The molecule has 1 saturated heterocycles. The van der Waals surface area contributed by atoms with Crippen molar-refractivity contribution in [2.45, 2.75) is 24.9 Å². The zero-order chi connectivity index (χ0) is 16.4. The van der Waals surface area contributed by atoms with E-state index in [0.717, 1.165) is 11.9 Å². The number of hydrogen-bond donors (Lipinski definition) is 2. The fourth-order valence-corrected chi connectivity index (χ4v) is 3.53. The molecule has 124 valence electrons. The van der Waals surface area contributed by atoms with Gasteiger partial charge in [-0.05, 0) is 38.6 Å². The minimum absolute atomic E-state index is 0.130. The van der Waals surface area contributed by atoms with Crippen molar-refractivity contribution in [3.05, 3.63) is 36.0 Å². The highest BCUT2D eigenvalue weighted by molar-refractivity contribution is 5.84. The molecular weight excluding hydrogens is 290 g/mol. The van der Waals surface area contributed by atoms with Crippen LogP contribution in [0.3, 0.4) is 0 Å². The van der Waals surface area contributed by atoms with Crippen LogP contribution in [0.4, 0.5) is 0 Å². The molecule has 0 bridgehead atoms. The van der Waals surface area contributed by atoms with Crippen LogP contribution in [-0.4, -0.2) is 65.1 Å². The van der Waals surface area contributed by atoms with Gasteiger partial charge in [0.05, 0.1) is 12.1 Å². The second kappa shape index (κ2) is 6.34. The Kier molecular flexibility index (Phi) is 4.41. The first-order valence-corrected chi connectivity index (χ1v) is 8.17. The number of para-hydroxylation sites is 1. The molecule has 2 aromatic rings. The van der Waals surface area contributed by atoms with E-state index < -0.39 is 5.60 Å². The summed E-state index contributed by atoms with van der Waals surface area (Å²) >= 11 is 0. The summed E-state index contributed by atoms with van der Waals surface area (Å²) in [5.74, 6) is 0.130. The number of aliphatic hydroxyl groups is 1. The number of fused-ring (bicyclic) bond motifs is 1. The molecule has 2 heterocycles. The number of aryl methyl sites for hydroxylation is 1. The average Bonchev–Trinajstić information content (AvgIpc) is 3.08. The monoisotopic (exact) mass is 315 g/mol. The van der Waals surface area contributed by atoms with Crippen molar-refractivity contribution >= 4 is 16.8 Å². The lowest BCUT2D eigenvalue weighted by Gasteiger charge is -2.26. The molecule has 1 aromatic carbocycles. The number of hydrogen-bond acceptors (Lipinski definition) is 3. The number of benzene rings is 1. The highest BCUT2D eigenvalue weighted by Gasteiger charge is 2.38. The van der Waals surface area contributed by atoms with Crippen molar-refractivity contribution in [3.63, 3.8) is 0 Å². The van der Waals surface area contributed by atoms with Crippen LogP contribution in [0.1, 0.15) is 18.4 Å². The lowest BCUT2D eigenvalue weighted by molar-refractivity contribution is -0.131. The van der Waals surface area contributed by atoms with Gasteiger partial charge in [-0.25, -0.2) is 0 Å². The number of likely N-dealkylation sites (tertiary alicyclic amines) is 1. The predicted octanol–water partition coefficient (Wildman–Crippen LogP) is 1.63. The Bertz CT molecular complexity index is 694. The number of β-amino-alcohol motifs (C(OH)–C–C–N with tert-alkyl or cyclic N) is 1. The summed E-state index contributed by atoms with van der Waals surface area (Å²) in [5, 5.41) is 11.7. The Labute approximate surface area is 136 Å². The van der Waals surface area contributed by atoms with Gasteiger partial charge in [0.1, 0.15) is 0 Å². The predicted molar refractivity (Wildman–Crippen MR) is 91.3 cm³/mol. The van der Waals surface area contributed by atoms with E-state index in [1.807, 2.05) is 43.4 Å². The van der Waals surface area contributed by atoms with Gasteiger partial charge >= 0.3 is 0 Å². The summed E-state index contributed by atoms with van der Waals surface area (Å²) in [4.78, 5) is 19.5. The fraction of sp³-hybridized carbons (Fsp3) is 0.500. The minimum Gasteiger partial charge on any atom is -0.387 e. The summed E-state index contributed by atoms with van der Waals surface area (Å²) < 4.78 is 0. The van der Waals surface area contributed by atoms with Gasteiger partial charge in [0, 0.05) is 36.6 Å². The van der Waals surface area contributed by atoms with Crippen molar-refractivity contribution in [3.8, 4) is 0 Å². The van der Waals surface area contributed by atoms with E-state index in [0.29, 0.717) is 32.5 Å². The molecule has 1 amide bonds.